The van der Waals surface area contributed by atoms with Crippen LogP contribution in [0.2, 0.25) is 0 Å². The van der Waals surface area contributed by atoms with Crippen LogP contribution in [0.3, 0.4) is 0 Å². The summed E-state index contributed by atoms with van der Waals surface area (Å²) in [5.74, 6) is -1.47. The fourth-order valence-corrected chi connectivity index (χ4v) is 1.51. The molecule has 0 unspecified atom stereocenters. The Balaban J connectivity index is 2.40. The molecule has 114 valence electrons. The third-order valence-corrected chi connectivity index (χ3v) is 2.60. The molecular weight excluding hydrogens is 274 g/mol. The number of hydrogen-bond donors (Lipinski definition) is 3. The molecule has 2 amide bonds. The van der Waals surface area contributed by atoms with Crippen LogP contribution in [0.5, 0.6) is 0 Å². The van der Waals surface area contributed by atoms with E-state index in [4.69, 9.17) is 10.5 Å². The molecule has 0 saturated carbocycles. The van der Waals surface area contributed by atoms with Gasteiger partial charge in [-0.05, 0) is 38.1 Å². The summed E-state index contributed by atoms with van der Waals surface area (Å²) in [6.07, 6.45) is 0. The highest BCUT2D eigenvalue weighted by Crippen LogP contribution is 2.06. The number of carbonyl (C=O) groups is 3. The van der Waals surface area contributed by atoms with Crippen molar-refractivity contribution < 1.29 is 19.1 Å². The van der Waals surface area contributed by atoms with Crippen LogP contribution < -0.4 is 16.4 Å². The highest BCUT2D eigenvalue weighted by Gasteiger charge is 2.16. The lowest BCUT2D eigenvalue weighted by atomic mass is 10.2. The first-order chi connectivity index (χ1) is 9.93. The lowest BCUT2D eigenvalue weighted by Crippen LogP contribution is -2.46. The lowest BCUT2D eigenvalue weighted by Gasteiger charge is -2.13. The SMILES string of the molecule is CCNC(=O)[C@@H](C)NC(=O)COC(=O)c1ccc(N)cc1. The minimum atomic E-state index is -0.687. The molecule has 21 heavy (non-hydrogen) atoms. The Labute approximate surface area is 122 Å². The van der Waals surface area contributed by atoms with Crippen molar-refractivity contribution >= 4 is 23.5 Å². The monoisotopic (exact) mass is 293 g/mol. The van der Waals surface area contributed by atoms with Crippen molar-refractivity contribution in [3.8, 4) is 0 Å². The highest BCUT2D eigenvalue weighted by molar-refractivity contribution is 5.92. The summed E-state index contributed by atoms with van der Waals surface area (Å²) in [6.45, 7) is 3.35. The van der Waals surface area contributed by atoms with Crippen molar-refractivity contribution in [2.45, 2.75) is 19.9 Å². The molecule has 0 aromatic heterocycles. The molecule has 0 heterocycles. The van der Waals surface area contributed by atoms with Crippen molar-refractivity contribution in [2.75, 3.05) is 18.9 Å². The summed E-state index contributed by atoms with van der Waals surface area (Å²) < 4.78 is 4.85. The summed E-state index contributed by atoms with van der Waals surface area (Å²) >= 11 is 0. The number of carbonyl (C=O) groups excluding carboxylic acids is 3. The fourth-order valence-electron chi connectivity index (χ4n) is 1.51. The maximum atomic E-state index is 11.7. The van der Waals surface area contributed by atoms with Gasteiger partial charge in [-0.3, -0.25) is 9.59 Å². The van der Waals surface area contributed by atoms with Crippen LogP contribution in [0.15, 0.2) is 24.3 Å². The van der Waals surface area contributed by atoms with E-state index >= 15 is 0 Å². The minimum absolute atomic E-state index is 0.296. The maximum absolute atomic E-state index is 11.7. The molecule has 1 aromatic rings. The number of esters is 1. The molecule has 0 aliphatic carbocycles. The number of amides is 2. The summed E-state index contributed by atoms with van der Waals surface area (Å²) in [5.41, 5.74) is 6.33. The smallest absolute Gasteiger partial charge is 0.338 e. The van der Waals surface area contributed by atoms with Gasteiger partial charge in [0.05, 0.1) is 5.56 Å². The van der Waals surface area contributed by atoms with E-state index in [-0.39, 0.29) is 5.91 Å². The van der Waals surface area contributed by atoms with Gasteiger partial charge in [-0.1, -0.05) is 0 Å². The van der Waals surface area contributed by atoms with Gasteiger partial charge in [0, 0.05) is 12.2 Å². The summed E-state index contributed by atoms with van der Waals surface area (Å²) in [5, 5.41) is 5.01. The number of nitrogens with one attached hydrogen (secondary N) is 2. The van der Waals surface area contributed by atoms with Gasteiger partial charge in [0.1, 0.15) is 6.04 Å². The van der Waals surface area contributed by atoms with E-state index in [1.165, 1.54) is 12.1 Å². The van der Waals surface area contributed by atoms with Gasteiger partial charge < -0.3 is 21.1 Å². The second-order valence-corrected chi connectivity index (χ2v) is 4.38. The second kappa shape index (κ2) is 7.88. The van der Waals surface area contributed by atoms with Gasteiger partial charge in [-0.15, -0.1) is 0 Å². The Hall–Kier alpha value is -2.57. The van der Waals surface area contributed by atoms with E-state index < -0.39 is 24.5 Å². The zero-order valence-corrected chi connectivity index (χ0v) is 12.0. The van der Waals surface area contributed by atoms with Crippen LogP contribution in [-0.4, -0.2) is 37.0 Å². The normalized spacial score (nSPS) is 11.3. The van der Waals surface area contributed by atoms with Crippen molar-refractivity contribution in [1.82, 2.24) is 10.6 Å². The van der Waals surface area contributed by atoms with Gasteiger partial charge in [-0.2, -0.15) is 0 Å². The predicted octanol–water partition coefficient (Wildman–Crippen LogP) is 0.0664. The quantitative estimate of drug-likeness (QED) is 0.507. The molecule has 0 saturated heterocycles. The van der Waals surface area contributed by atoms with Crippen LogP contribution in [0.25, 0.3) is 0 Å². The van der Waals surface area contributed by atoms with Gasteiger partial charge in [0.25, 0.3) is 5.91 Å². The Morgan fingerprint density at radius 2 is 1.86 bits per heavy atom. The highest BCUT2D eigenvalue weighted by atomic mass is 16.5. The zero-order chi connectivity index (χ0) is 15.8. The van der Waals surface area contributed by atoms with E-state index in [0.29, 0.717) is 17.8 Å². The van der Waals surface area contributed by atoms with Crippen LogP contribution in [0.4, 0.5) is 5.69 Å². The predicted molar refractivity (Wildman–Crippen MR) is 77.4 cm³/mol. The van der Waals surface area contributed by atoms with Gasteiger partial charge in [0.2, 0.25) is 5.91 Å². The average Bonchev–Trinajstić information content (AvgIpc) is 2.45. The van der Waals surface area contributed by atoms with Crippen LogP contribution in [0, 0.1) is 0 Å². The number of benzene rings is 1. The van der Waals surface area contributed by atoms with Crippen LogP contribution in [-0.2, 0) is 14.3 Å². The number of nitrogens with two attached hydrogens (primary N) is 1. The molecule has 7 heteroatoms. The standard InChI is InChI=1S/C14H19N3O4/c1-3-16-13(19)9(2)17-12(18)8-21-14(20)10-4-6-11(15)7-5-10/h4-7,9H,3,8,15H2,1-2H3,(H,16,19)(H,17,18)/t9-/m1/s1. The van der Waals surface area contributed by atoms with E-state index in [2.05, 4.69) is 10.6 Å². The molecule has 0 spiro atoms. The molecule has 4 N–H and O–H groups in total. The van der Waals surface area contributed by atoms with Crippen molar-refractivity contribution in [2.24, 2.45) is 0 Å². The molecule has 0 radical (unpaired) electrons. The van der Waals surface area contributed by atoms with Crippen LogP contribution >= 0.6 is 0 Å². The first-order valence-corrected chi connectivity index (χ1v) is 6.53. The van der Waals surface area contributed by atoms with Crippen molar-refractivity contribution in [1.29, 1.82) is 0 Å². The van der Waals surface area contributed by atoms with E-state index in [0.717, 1.165) is 0 Å². The van der Waals surface area contributed by atoms with E-state index in [9.17, 15) is 14.4 Å². The summed E-state index contributed by atoms with van der Waals surface area (Å²) in [6, 6.07) is 5.45. The van der Waals surface area contributed by atoms with E-state index in [1.807, 2.05) is 0 Å². The summed E-state index contributed by atoms with van der Waals surface area (Å²) in [4.78, 5) is 34.6. The van der Waals surface area contributed by atoms with Gasteiger partial charge >= 0.3 is 5.97 Å². The Morgan fingerprint density at radius 3 is 2.43 bits per heavy atom. The third kappa shape index (κ3) is 5.52. The average molecular weight is 293 g/mol. The number of rotatable bonds is 6. The van der Waals surface area contributed by atoms with Crippen molar-refractivity contribution in [3.63, 3.8) is 0 Å². The van der Waals surface area contributed by atoms with Crippen molar-refractivity contribution in [3.05, 3.63) is 29.8 Å². The molecule has 0 aliphatic heterocycles. The first kappa shape index (κ1) is 16.5. The number of nitrogen functional groups attached to an aromatic ring is 1. The van der Waals surface area contributed by atoms with Crippen LogP contribution in [0.1, 0.15) is 24.2 Å². The Kier molecular flexibility index (Phi) is 6.19. The number of hydrogen-bond acceptors (Lipinski definition) is 5. The fraction of sp³-hybridized carbons (Fsp3) is 0.357. The molecule has 0 bridgehead atoms. The minimum Gasteiger partial charge on any atom is -0.452 e. The molecule has 1 aromatic carbocycles. The molecular formula is C14H19N3O4. The topological polar surface area (TPSA) is 111 Å². The van der Waals surface area contributed by atoms with Gasteiger partial charge in [0.15, 0.2) is 6.61 Å². The molecule has 7 nitrogen and oxygen atoms in total. The van der Waals surface area contributed by atoms with E-state index in [1.54, 1.807) is 26.0 Å². The zero-order valence-electron chi connectivity index (χ0n) is 12.0. The number of anilines is 1. The largest absolute Gasteiger partial charge is 0.452 e. The number of ether oxygens (including phenoxy) is 1. The Morgan fingerprint density at radius 1 is 1.24 bits per heavy atom. The summed E-state index contributed by atoms with van der Waals surface area (Å²) in [7, 11) is 0. The maximum Gasteiger partial charge on any atom is 0.338 e. The Bertz CT molecular complexity index is 513. The lowest BCUT2D eigenvalue weighted by molar-refractivity contribution is -0.130. The molecule has 0 fully saturated rings. The number of likely N-dealkylation sites (N-methyl/N-ethyl adjacent to an activating group) is 1. The molecule has 1 rings (SSSR count). The molecule has 0 aliphatic rings. The third-order valence-electron chi connectivity index (χ3n) is 2.60. The second-order valence-electron chi connectivity index (χ2n) is 4.38. The molecule has 1 atom stereocenters. The first-order valence-electron chi connectivity index (χ1n) is 6.53. The van der Waals surface area contributed by atoms with Gasteiger partial charge in [-0.25, -0.2) is 4.79 Å².